The number of rotatable bonds is 20. The first-order chi connectivity index (χ1) is 30.3. The van der Waals surface area contributed by atoms with E-state index in [1.165, 1.54) is 60.7 Å². The van der Waals surface area contributed by atoms with Crippen LogP contribution in [0.25, 0.3) is 0 Å². The molecule has 0 unspecified atom stereocenters. The summed E-state index contributed by atoms with van der Waals surface area (Å²) in [5.74, 6) is -9.01. The first-order valence-electron chi connectivity index (χ1n) is 17.9. The lowest BCUT2D eigenvalue weighted by atomic mass is 10.1. The van der Waals surface area contributed by atoms with Gasteiger partial charge in [-0.1, -0.05) is 69.4 Å². The molecule has 338 valence electrons. The minimum absolute atomic E-state index is 0.000214. The number of hydrogen-bond donors (Lipinski definition) is 5. The van der Waals surface area contributed by atoms with Crippen LogP contribution in [0.2, 0.25) is 0 Å². The van der Waals surface area contributed by atoms with Gasteiger partial charge in [-0.05, 0) is 54.6 Å². The molecule has 3 aromatic rings. The number of ether oxygens (including phenoxy) is 5. The Morgan fingerprint density at radius 2 is 0.469 bits per heavy atom. The van der Waals surface area contributed by atoms with Crippen molar-refractivity contribution in [1.29, 1.82) is 0 Å². The molecule has 5 N–H and O–H groups in total. The molecule has 0 aromatic heterocycles. The number of hydrogen-bond acceptors (Lipinski definition) is 15. The van der Waals surface area contributed by atoms with E-state index >= 15 is 0 Å². The molecule has 0 heterocycles. The second-order valence-electron chi connectivity index (χ2n) is 11.5. The van der Waals surface area contributed by atoms with Crippen molar-refractivity contribution in [1.82, 2.24) is 0 Å². The van der Waals surface area contributed by atoms with E-state index in [1.807, 2.05) is 0 Å². The fourth-order valence-corrected chi connectivity index (χ4v) is 4.06. The highest BCUT2D eigenvalue weighted by molar-refractivity contribution is 6.02. The zero-order valence-corrected chi connectivity index (χ0v) is 34.1. The summed E-state index contributed by atoms with van der Waals surface area (Å²) < 4.78 is 24.4. The Hall–Kier alpha value is -8.71. The van der Waals surface area contributed by atoms with Crippen LogP contribution >= 0.6 is 0 Å². The highest BCUT2D eigenvalue weighted by Crippen LogP contribution is 2.16. The second-order valence-corrected chi connectivity index (χ2v) is 11.5. The maximum atomic E-state index is 12.0. The third-order valence-corrected chi connectivity index (χ3v) is 6.76. The third-order valence-electron chi connectivity index (χ3n) is 6.76. The average molecular weight is 889 g/mol. The predicted octanol–water partition coefficient (Wildman–Crippen LogP) is 5.73. The van der Waals surface area contributed by atoms with Gasteiger partial charge in [0.15, 0.2) is 0 Å². The van der Waals surface area contributed by atoms with Gasteiger partial charge in [-0.15, -0.1) is 6.58 Å². The van der Waals surface area contributed by atoms with Crippen LogP contribution in [0.4, 0.5) is 0 Å². The summed E-state index contributed by atoms with van der Waals surface area (Å²) >= 11 is 0. The number of carbonyl (C=O) groups excluding carboxylic acids is 5. The summed E-state index contributed by atoms with van der Waals surface area (Å²) in [6, 6.07) is 9.99. The van der Waals surface area contributed by atoms with Crippen molar-refractivity contribution in [2.75, 3.05) is 39.6 Å². The quantitative estimate of drug-likeness (QED) is 0.0514. The van der Waals surface area contributed by atoms with Gasteiger partial charge in [0.1, 0.15) is 33.0 Å². The molecule has 64 heavy (non-hydrogen) atoms. The average Bonchev–Trinajstić information content (AvgIpc) is 3.29. The van der Waals surface area contributed by atoms with Gasteiger partial charge in [0, 0.05) is 0 Å². The Labute approximate surface area is 365 Å². The van der Waals surface area contributed by atoms with Gasteiger partial charge in [0.25, 0.3) is 0 Å². The smallest absolute Gasteiger partial charge is 0.338 e. The monoisotopic (exact) mass is 888 g/mol. The van der Waals surface area contributed by atoms with Crippen molar-refractivity contribution in [3.8, 4) is 0 Å². The molecular formula is C45H44O19. The minimum Gasteiger partial charge on any atom is -0.478 e. The summed E-state index contributed by atoms with van der Waals surface area (Å²) in [4.78, 5) is 102. The molecule has 0 fully saturated rings. The topological polar surface area (TPSA) is 301 Å². The SMILES string of the molecule is C=CCO.C=CCOC(=O)c1cc(C(=O)O)cc(C(=O)OCC=C)c1.C=CCOC(=O)c1cc(C(=O)OCC=C)cc(C(=O)OCC=C)c1.O=C(O)c1cc(C(=O)O)cc(C(=O)O)c1. The van der Waals surface area contributed by atoms with E-state index in [-0.39, 0.29) is 89.7 Å². The van der Waals surface area contributed by atoms with Crippen LogP contribution in [0.3, 0.4) is 0 Å². The Morgan fingerprint density at radius 3 is 0.594 bits per heavy atom. The predicted molar refractivity (Wildman–Crippen MR) is 227 cm³/mol. The first-order valence-corrected chi connectivity index (χ1v) is 17.9. The van der Waals surface area contributed by atoms with E-state index in [0.29, 0.717) is 0 Å². The van der Waals surface area contributed by atoms with E-state index in [2.05, 4.69) is 39.5 Å². The Morgan fingerprint density at radius 1 is 0.328 bits per heavy atom. The van der Waals surface area contributed by atoms with Gasteiger partial charge in [0.2, 0.25) is 0 Å². The van der Waals surface area contributed by atoms with Crippen LogP contribution in [0.5, 0.6) is 0 Å². The summed E-state index contributed by atoms with van der Waals surface area (Å²) in [5.41, 5.74) is -1.36. The molecule has 3 rings (SSSR count). The van der Waals surface area contributed by atoms with Crippen LogP contribution in [0, 0.1) is 0 Å². The second kappa shape index (κ2) is 30.3. The van der Waals surface area contributed by atoms with Crippen molar-refractivity contribution in [2.24, 2.45) is 0 Å². The molecule has 0 spiro atoms. The van der Waals surface area contributed by atoms with Crippen molar-refractivity contribution in [3.63, 3.8) is 0 Å². The summed E-state index contributed by atoms with van der Waals surface area (Å²) in [7, 11) is 0. The van der Waals surface area contributed by atoms with Crippen molar-refractivity contribution in [3.05, 3.63) is 181 Å². The molecule has 0 bridgehead atoms. The number of aromatic carboxylic acids is 4. The summed E-state index contributed by atoms with van der Waals surface area (Å²) in [5, 5.41) is 42.6. The third kappa shape index (κ3) is 20.5. The van der Waals surface area contributed by atoms with Crippen molar-refractivity contribution < 1.29 is 92.4 Å². The molecule has 19 heteroatoms. The molecule has 0 radical (unpaired) electrons. The van der Waals surface area contributed by atoms with Crippen LogP contribution < -0.4 is 0 Å². The molecule has 0 aliphatic rings. The van der Waals surface area contributed by atoms with Crippen molar-refractivity contribution >= 4 is 53.7 Å². The Kier molecular flexibility index (Phi) is 26.2. The number of carbonyl (C=O) groups is 9. The number of esters is 5. The molecule has 0 saturated heterocycles. The van der Waals surface area contributed by atoms with E-state index in [1.54, 1.807) is 0 Å². The van der Waals surface area contributed by atoms with Crippen molar-refractivity contribution in [2.45, 2.75) is 0 Å². The van der Waals surface area contributed by atoms with Crippen LogP contribution in [0.15, 0.2) is 131 Å². The first kappa shape index (κ1) is 55.3. The van der Waals surface area contributed by atoms with Gasteiger partial charge in [-0.25, -0.2) is 43.2 Å². The molecule has 19 nitrogen and oxygen atoms in total. The zero-order valence-electron chi connectivity index (χ0n) is 34.1. The zero-order chi connectivity index (χ0) is 48.8. The summed E-state index contributed by atoms with van der Waals surface area (Å²) in [6.07, 6.45) is 8.38. The molecular weight excluding hydrogens is 844 g/mol. The highest BCUT2D eigenvalue weighted by atomic mass is 16.5. The number of carboxylic acid groups (broad SMARTS) is 4. The fraction of sp³-hybridized carbons (Fsp3) is 0.133. The van der Waals surface area contributed by atoms with Gasteiger partial charge in [-0.3, -0.25) is 0 Å². The number of carboxylic acids is 4. The van der Waals surface area contributed by atoms with E-state index in [4.69, 9.17) is 49.2 Å². The fourth-order valence-electron chi connectivity index (χ4n) is 4.06. The van der Waals surface area contributed by atoms with Gasteiger partial charge in [0.05, 0.1) is 56.7 Å². The molecule has 0 aliphatic carbocycles. The largest absolute Gasteiger partial charge is 0.478 e. The van der Waals surface area contributed by atoms with Crippen LogP contribution in [0.1, 0.15) is 93.2 Å². The van der Waals surface area contributed by atoms with Gasteiger partial charge in [-0.2, -0.15) is 0 Å². The van der Waals surface area contributed by atoms with Gasteiger partial charge < -0.3 is 49.2 Å². The lowest BCUT2D eigenvalue weighted by molar-refractivity contribution is 0.0524. The lowest BCUT2D eigenvalue weighted by Gasteiger charge is -2.09. The maximum Gasteiger partial charge on any atom is 0.338 e. The highest BCUT2D eigenvalue weighted by Gasteiger charge is 2.20. The Bertz CT molecular complexity index is 2030. The van der Waals surface area contributed by atoms with E-state index in [9.17, 15) is 43.2 Å². The normalized spacial score (nSPS) is 9.33. The molecule has 0 amide bonds. The number of aliphatic hydroxyl groups excluding tert-OH is 1. The van der Waals surface area contributed by atoms with Crippen LogP contribution in [-0.2, 0) is 23.7 Å². The Balaban J connectivity index is 0.000000910. The van der Waals surface area contributed by atoms with E-state index < -0.39 is 53.7 Å². The minimum atomic E-state index is -1.37. The molecule has 0 aliphatic heterocycles. The van der Waals surface area contributed by atoms with Crippen LogP contribution in [-0.4, -0.2) is 119 Å². The molecule has 0 saturated carbocycles. The number of benzene rings is 3. The standard InChI is InChI=1S/C18H18O6.C15H14O6.C9H6O6.C3H6O/c1-4-7-22-16(19)13-10-14(17(20)23-8-5-2)12-15(11-13)18(21)24-9-6-3;1-3-5-20-14(18)11-7-10(13(16)17)8-12(9-11)15(19)21-6-4-2;10-7(11)4-1-5(8(12)13)3-6(2-4)9(14)15;1-2-3-4/h4-6,10-12H,1-3,7-9H2;3-4,7-9H,1-2,5-6H2,(H,16,17);1-3H,(H,10,11)(H,12,13)(H,14,15);2,4H,1,3H2. The maximum absolute atomic E-state index is 12.0. The molecule has 3 aromatic carbocycles. The molecule has 0 atom stereocenters. The van der Waals surface area contributed by atoms with Gasteiger partial charge >= 0.3 is 53.7 Å². The lowest BCUT2D eigenvalue weighted by Crippen LogP contribution is -2.13. The number of aliphatic hydroxyl groups is 1. The summed E-state index contributed by atoms with van der Waals surface area (Å²) in [6.45, 7) is 20.4. The van der Waals surface area contributed by atoms with E-state index in [0.717, 1.165) is 30.3 Å².